The van der Waals surface area contributed by atoms with E-state index >= 15 is 0 Å². The van der Waals surface area contributed by atoms with Crippen LogP contribution in [-0.4, -0.2) is 31.2 Å². The highest BCUT2D eigenvalue weighted by Crippen LogP contribution is 2.35. The largest absolute Gasteiger partial charge is 0.192 e. The van der Waals surface area contributed by atoms with E-state index in [1.165, 1.54) is 0 Å². The number of hydrogen-bond donors (Lipinski definition) is 0. The van der Waals surface area contributed by atoms with E-state index in [1.54, 1.807) is 0 Å². The minimum absolute atomic E-state index is 0.0723. The third-order valence-corrected chi connectivity index (χ3v) is 5.44. The molecule has 19 heavy (non-hydrogen) atoms. The van der Waals surface area contributed by atoms with Gasteiger partial charge in [0.05, 0.1) is 0 Å². The lowest BCUT2D eigenvalue weighted by Gasteiger charge is -2.20. The average Bonchev–Trinajstić information content (AvgIpc) is 2.30. The highest BCUT2D eigenvalue weighted by molar-refractivity contribution is 6.67. The summed E-state index contributed by atoms with van der Waals surface area (Å²) >= 11 is 47.0. The molecule has 0 aliphatic rings. The summed E-state index contributed by atoms with van der Waals surface area (Å²) in [6.45, 7) is 0. The highest BCUT2D eigenvalue weighted by Gasteiger charge is 2.25. The molecule has 0 N–H and O–H groups in total. The Morgan fingerprint density at radius 1 is 0.684 bits per heavy atom. The molecule has 4 atom stereocenters. The molecule has 0 heterocycles. The normalized spacial score (nSPS) is 18.9. The maximum absolute atomic E-state index is 6.21. The molecule has 4 unspecified atom stereocenters. The zero-order chi connectivity index (χ0) is 15.1. The molecule has 0 aliphatic heterocycles. The Hall–Kier alpha value is 2.32. The molecule has 0 bridgehead atoms. The van der Waals surface area contributed by atoms with Gasteiger partial charge in [-0.05, 0) is 25.7 Å². The van der Waals surface area contributed by atoms with E-state index in [0.29, 0.717) is 25.1 Å². The average molecular weight is 432 g/mol. The number of rotatable bonds is 9. The number of halogens is 8. The van der Waals surface area contributed by atoms with Gasteiger partial charge in [0.25, 0.3) is 0 Å². The van der Waals surface area contributed by atoms with Crippen molar-refractivity contribution in [1.82, 2.24) is 0 Å². The van der Waals surface area contributed by atoms with Crippen molar-refractivity contribution in [1.29, 1.82) is 0 Å². The molecule has 0 saturated heterocycles. The lowest BCUT2D eigenvalue weighted by atomic mass is 10.1. The molecule has 0 aromatic heterocycles. The van der Waals surface area contributed by atoms with Crippen molar-refractivity contribution in [2.75, 3.05) is 5.88 Å². The van der Waals surface area contributed by atoms with Crippen LogP contribution in [0.25, 0.3) is 0 Å². The smallest absolute Gasteiger partial charge is 0.125 e. The quantitative estimate of drug-likeness (QED) is 0.345. The highest BCUT2D eigenvalue weighted by atomic mass is 35.6. The minimum Gasteiger partial charge on any atom is -0.125 e. The first-order chi connectivity index (χ1) is 8.65. The Labute approximate surface area is 155 Å². The second-order valence-electron chi connectivity index (χ2n) is 4.35. The second-order valence-corrected chi connectivity index (χ2v) is 9.54. The van der Waals surface area contributed by atoms with Crippen LogP contribution < -0.4 is 0 Å². The summed E-state index contributed by atoms with van der Waals surface area (Å²) < 4.78 is -1.33. The topological polar surface area (TPSA) is 0 Å². The van der Waals surface area contributed by atoms with Crippen molar-refractivity contribution >= 4 is 92.8 Å². The van der Waals surface area contributed by atoms with Crippen molar-refractivity contribution in [2.24, 2.45) is 0 Å². The maximum Gasteiger partial charge on any atom is 0.192 e. The van der Waals surface area contributed by atoms with E-state index in [4.69, 9.17) is 92.8 Å². The van der Waals surface area contributed by atoms with Crippen LogP contribution in [0, 0.1) is 0 Å². The molecule has 0 spiro atoms. The molecule has 8 heteroatoms. The maximum atomic E-state index is 6.21. The van der Waals surface area contributed by atoms with Crippen LogP contribution in [0.5, 0.6) is 0 Å². The molecule has 0 nitrogen and oxygen atoms in total. The van der Waals surface area contributed by atoms with Crippen LogP contribution >= 0.6 is 92.8 Å². The fourth-order valence-electron chi connectivity index (χ4n) is 1.47. The Morgan fingerprint density at radius 3 is 1.47 bits per heavy atom. The van der Waals surface area contributed by atoms with Crippen molar-refractivity contribution in [3.8, 4) is 0 Å². The number of hydrogen-bond acceptors (Lipinski definition) is 0. The summed E-state index contributed by atoms with van der Waals surface area (Å²) in [5.41, 5.74) is 0. The van der Waals surface area contributed by atoms with Gasteiger partial charge in [-0.2, -0.15) is 0 Å². The molecule has 116 valence electrons. The van der Waals surface area contributed by atoms with Gasteiger partial charge in [-0.1, -0.05) is 34.8 Å². The molecule has 0 aliphatic carbocycles. The van der Waals surface area contributed by atoms with Crippen molar-refractivity contribution in [3.05, 3.63) is 0 Å². The third-order valence-electron chi connectivity index (χ3n) is 2.52. The summed E-state index contributed by atoms with van der Waals surface area (Å²) in [4.78, 5) is 0. The van der Waals surface area contributed by atoms with Crippen molar-refractivity contribution < 1.29 is 0 Å². The van der Waals surface area contributed by atoms with E-state index in [2.05, 4.69) is 0 Å². The van der Waals surface area contributed by atoms with Crippen LogP contribution in [0.3, 0.4) is 0 Å². The van der Waals surface area contributed by atoms with Gasteiger partial charge in [-0.15, -0.1) is 58.0 Å². The van der Waals surface area contributed by atoms with Crippen LogP contribution in [0.1, 0.15) is 32.1 Å². The Balaban J connectivity index is 3.86. The Bertz CT molecular complexity index is 229. The van der Waals surface area contributed by atoms with Gasteiger partial charge in [0.1, 0.15) is 0 Å². The fourth-order valence-corrected chi connectivity index (χ4v) is 3.41. The lowest BCUT2D eigenvalue weighted by molar-refractivity contribution is 0.584. The van der Waals surface area contributed by atoms with Gasteiger partial charge in [0, 0.05) is 33.8 Å². The van der Waals surface area contributed by atoms with Crippen molar-refractivity contribution in [2.45, 2.75) is 57.4 Å². The first-order valence-corrected chi connectivity index (χ1v) is 9.26. The Kier molecular flexibility index (Phi) is 12.3. The van der Waals surface area contributed by atoms with Gasteiger partial charge < -0.3 is 0 Å². The zero-order valence-corrected chi connectivity index (χ0v) is 16.1. The zero-order valence-electron chi connectivity index (χ0n) is 10.1. The van der Waals surface area contributed by atoms with Gasteiger partial charge in [-0.25, -0.2) is 0 Å². The Morgan fingerprint density at radius 2 is 1.11 bits per heavy atom. The monoisotopic (exact) mass is 428 g/mol. The molecule has 0 amide bonds. The third kappa shape index (κ3) is 12.5. The molecular weight excluding hydrogens is 416 g/mol. The molecule has 0 fully saturated rings. The van der Waals surface area contributed by atoms with E-state index in [1.807, 2.05) is 0 Å². The van der Waals surface area contributed by atoms with E-state index in [9.17, 15) is 0 Å². The van der Waals surface area contributed by atoms with E-state index < -0.39 is 3.79 Å². The van der Waals surface area contributed by atoms with Crippen LogP contribution in [0.4, 0.5) is 0 Å². The standard InChI is InChI=1S/C11H16Cl8/c12-6-8(14)2-4-10(16)9(15)3-1-7(13)5-11(17,18)19/h7-10H,1-6H2. The SMILES string of the molecule is ClCC(Cl)CCC(Cl)C(Cl)CCC(Cl)CC(Cl)(Cl)Cl. The summed E-state index contributed by atoms with van der Waals surface area (Å²) in [5.74, 6) is 0.408. The lowest BCUT2D eigenvalue weighted by Crippen LogP contribution is -2.19. The second kappa shape index (κ2) is 10.9. The van der Waals surface area contributed by atoms with Gasteiger partial charge >= 0.3 is 0 Å². The summed E-state index contributed by atoms with van der Waals surface area (Å²) in [5, 5.41) is -0.654. The number of alkyl halides is 8. The first-order valence-electron chi connectivity index (χ1n) is 5.84. The van der Waals surface area contributed by atoms with Gasteiger partial charge in [0.2, 0.25) is 0 Å². The van der Waals surface area contributed by atoms with E-state index in [0.717, 1.165) is 6.42 Å². The molecule has 0 aromatic carbocycles. The summed E-state index contributed by atoms with van der Waals surface area (Å²) in [7, 11) is 0. The predicted molar refractivity (Wildman–Crippen MR) is 92.7 cm³/mol. The molecule has 0 rings (SSSR count). The first kappa shape index (κ1) is 21.3. The van der Waals surface area contributed by atoms with Gasteiger partial charge in [0.15, 0.2) is 3.79 Å². The van der Waals surface area contributed by atoms with Crippen molar-refractivity contribution in [3.63, 3.8) is 0 Å². The van der Waals surface area contributed by atoms with E-state index in [-0.39, 0.29) is 27.9 Å². The molecular formula is C11H16Cl8. The fraction of sp³-hybridized carbons (Fsp3) is 1.00. The molecule has 0 saturated carbocycles. The molecule has 0 aromatic rings. The van der Waals surface area contributed by atoms with Crippen LogP contribution in [0.2, 0.25) is 0 Å². The minimum atomic E-state index is -1.33. The summed E-state index contributed by atoms with van der Waals surface area (Å²) in [6, 6.07) is 0. The van der Waals surface area contributed by atoms with Crippen LogP contribution in [-0.2, 0) is 0 Å². The van der Waals surface area contributed by atoms with Crippen LogP contribution in [0.15, 0.2) is 0 Å². The molecule has 0 radical (unpaired) electrons. The van der Waals surface area contributed by atoms with Gasteiger partial charge in [-0.3, -0.25) is 0 Å². The predicted octanol–water partition coefficient (Wildman–Crippen LogP) is 6.98. The summed E-state index contributed by atoms with van der Waals surface area (Å²) in [6.07, 6.45) is 3.05.